The van der Waals surface area contributed by atoms with Gasteiger partial charge in [-0.25, -0.2) is 4.79 Å². The molecule has 1 saturated heterocycles. The maximum absolute atomic E-state index is 11.0. The lowest BCUT2D eigenvalue weighted by Crippen LogP contribution is -2.64. The monoisotopic (exact) mass is 451 g/mol. The Hall–Kier alpha value is -3.27. The third-order valence-electron chi connectivity index (χ3n) is 7.63. The summed E-state index contributed by atoms with van der Waals surface area (Å²) in [6, 6.07) is 8.22. The van der Waals surface area contributed by atoms with E-state index in [-0.39, 0.29) is 34.2 Å². The molecule has 4 aliphatic rings. The number of azo groups is 1. The van der Waals surface area contributed by atoms with Crippen LogP contribution in [0.15, 0.2) is 52.7 Å². The smallest absolute Gasteiger partial charge is 0.335 e. The second-order valence-corrected chi connectivity index (χ2v) is 9.14. The van der Waals surface area contributed by atoms with Gasteiger partial charge in [-0.1, -0.05) is 12.2 Å². The van der Waals surface area contributed by atoms with Crippen molar-refractivity contribution in [2.24, 2.45) is 16.1 Å². The molecular weight excluding hydrogens is 426 g/mol. The molecule has 33 heavy (non-hydrogen) atoms. The fourth-order valence-corrected chi connectivity index (χ4v) is 6.16. The average Bonchev–Trinajstić information content (AvgIpc) is 3.14. The Kier molecular flexibility index (Phi) is 4.82. The third-order valence-corrected chi connectivity index (χ3v) is 7.63. The van der Waals surface area contributed by atoms with Crippen molar-refractivity contribution in [3.05, 3.63) is 59.2 Å². The summed E-state index contributed by atoms with van der Waals surface area (Å²) in [6.45, 7) is 0.912. The van der Waals surface area contributed by atoms with Gasteiger partial charge in [-0.3, -0.25) is 0 Å². The van der Waals surface area contributed by atoms with Crippen molar-refractivity contribution < 1.29 is 30.3 Å². The second-order valence-electron chi connectivity index (χ2n) is 9.14. The van der Waals surface area contributed by atoms with E-state index in [2.05, 4.69) is 28.3 Å². The number of hydrogen-bond donors (Lipinski definition) is 3. The molecule has 0 radical (unpaired) electrons. The number of phenolic OH excluding ortho intramolecular Hbond substituents is 1. The van der Waals surface area contributed by atoms with Crippen molar-refractivity contribution in [2.45, 2.75) is 36.5 Å². The molecule has 1 fully saturated rings. The van der Waals surface area contributed by atoms with Crippen molar-refractivity contribution in [2.75, 3.05) is 13.6 Å². The van der Waals surface area contributed by atoms with Crippen LogP contribution >= 0.6 is 0 Å². The average molecular weight is 451 g/mol. The van der Waals surface area contributed by atoms with Gasteiger partial charge in [-0.05, 0) is 62.3 Å². The van der Waals surface area contributed by atoms with Gasteiger partial charge in [0.2, 0.25) is 0 Å². The Bertz CT molecular complexity index is 1190. The van der Waals surface area contributed by atoms with Gasteiger partial charge in [-0.2, -0.15) is 5.11 Å². The van der Waals surface area contributed by atoms with Gasteiger partial charge in [0.15, 0.2) is 11.5 Å². The molecule has 2 aromatic rings. The van der Waals surface area contributed by atoms with Crippen LogP contribution in [0.1, 0.15) is 27.9 Å². The number of likely N-dealkylation sites (tertiary alicyclic amines) is 1. The lowest BCUT2D eigenvalue weighted by Gasteiger charge is -2.56. The van der Waals surface area contributed by atoms with Crippen LogP contribution in [-0.2, 0) is 11.8 Å². The molecule has 2 heterocycles. The summed E-state index contributed by atoms with van der Waals surface area (Å²) in [4.78, 5) is 13.4. The highest BCUT2D eigenvalue weighted by Crippen LogP contribution is 2.63. The summed E-state index contributed by atoms with van der Waals surface area (Å²) in [7, 11) is 2.13. The number of carboxylic acids is 1. The third kappa shape index (κ3) is 2.86. The molecule has 0 amide bonds. The molecule has 1 spiro atoms. The molecule has 0 saturated carbocycles. The summed E-state index contributed by atoms with van der Waals surface area (Å²) < 4.78 is 6.25. The van der Waals surface area contributed by atoms with E-state index < -0.39 is 18.2 Å². The zero-order valence-electron chi connectivity index (χ0n) is 18.0. The SMILES string of the molecule is CN1CC[C@]23c4c5cc(N=Nc6ccc(C(=O)O)cc6)c(O)c4O[C@H]2[C@@H](O)C=C[C@H]3[C@H]1C5.O. The highest BCUT2D eigenvalue weighted by atomic mass is 16.5. The number of aromatic carboxylic acids is 1. The lowest BCUT2D eigenvalue weighted by molar-refractivity contribution is -0.0453. The molecule has 172 valence electrons. The van der Waals surface area contributed by atoms with Gasteiger partial charge in [0.25, 0.3) is 0 Å². The van der Waals surface area contributed by atoms with E-state index >= 15 is 0 Å². The first-order valence-corrected chi connectivity index (χ1v) is 10.8. The zero-order valence-corrected chi connectivity index (χ0v) is 18.0. The second kappa shape index (κ2) is 7.38. The number of carbonyl (C=O) groups is 1. The van der Waals surface area contributed by atoms with Crippen molar-refractivity contribution in [1.29, 1.82) is 0 Å². The van der Waals surface area contributed by atoms with Gasteiger partial charge in [0, 0.05) is 22.9 Å². The Morgan fingerprint density at radius 3 is 2.70 bits per heavy atom. The summed E-state index contributed by atoms with van der Waals surface area (Å²) in [5.74, 6) is -0.435. The molecule has 2 aliphatic carbocycles. The predicted octanol–water partition coefficient (Wildman–Crippen LogP) is 2.49. The van der Waals surface area contributed by atoms with Crippen LogP contribution in [-0.4, -0.2) is 63.5 Å². The summed E-state index contributed by atoms with van der Waals surface area (Å²) in [6.07, 6.45) is 4.46. The first kappa shape index (κ1) is 21.6. The first-order chi connectivity index (χ1) is 15.4. The number of carboxylic acid groups (broad SMARTS) is 1. The quantitative estimate of drug-likeness (QED) is 0.483. The number of ether oxygens (including phenoxy) is 1. The summed E-state index contributed by atoms with van der Waals surface area (Å²) in [5.41, 5.74) is 2.70. The van der Waals surface area contributed by atoms with E-state index in [4.69, 9.17) is 9.84 Å². The molecule has 0 unspecified atom stereocenters. The molecule has 2 aliphatic heterocycles. The van der Waals surface area contributed by atoms with E-state index in [0.29, 0.717) is 17.1 Å². The molecule has 5 atom stereocenters. The van der Waals surface area contributed by atoms with Gasteiger partial charge in [0.05, 0.1) is 11.3 Å². The molecule has 2 aromatic carbocycles. The van der Waals surface area contributed by atoms with Crippen LogP contribution in [0.2, 0.25) is 0 Å². The standard InChI is InChI=1S/C24H23N3O5.H2O/c1-27-9-8-24-15-6-7-18(28)22(24)32-21-19(24)13(11-17(15)27)10-16(20(21)29)26-25-14-4-2-12(3-5-14)23(30)31;/h2-7,10,15,17-18,22,28-29H,8-9,11H2,1H3,(H,30,31);1H2/t15-,17+,18-,22-,24-;/m0./s1. The number of likely N-dealkylation sites (N-methyl/N-ethyl adjacent to an activating group) is 1. The molecule has 9 heteroatoms. The Morgan fingerprint density at radius 2 is 1.97 bits per heavy atom. The maximum atomic E-state index is 11.0. The fourth-order valence-electron chi connectivity index (χ4n) is 6.16. The van der Waals surface area contributed by atoms with Gasteiger partial charge in [0.1, 0.15) is 17.9 Å². The van der Waals surface area contributed by atoms with Crippen LogP contribution in [0.25, 0.3) is 0 Å². The van der Waals surface area contributed by atoms with Gasteiger partial charge < -0.3 is 30.4 Å². The largest absolute Gasteiger partial charge is 0.503 e. The zero-order chi connectivity index (χ0) is 22.2. The predicted molar refractivity (Wildman–Crippen MR) is 119 cm³/mol. The van der Waals surface area contributed by atoms with Crippen LogP contribution in [0.4, 0.5) is 11.4 Å². The minimum Gasteiger partial charge on any atom is -0.503 e. The number of aromatic hydroxyl groups is 1. The molecule has 6 rings (SSSR count). The van der Waals surface area contributed by atoms with Crippen molar-refractivity contribution in [3.63, 3.8) is 0 Å². The molecule has 9 nitrogen and oxygen atoms in total. The van der Waals surface area contributed by atoms with Crippen LogP contribution in [0.5, 0.6) is 11.5 Å². The number of aliphatic hydroxyl groups excluding tert-OH is 1. The Balaban J connectivity index is 0.00000228. The van der Waals surface area contributed by atoms with Crippen molar-refractivity contribution >= 4 is 17.3 Å². The number of piperidine rings is 1. The van der Waals surface area contributed by atoms with Crippen LogP contribution in [0, 0.1) is 5.92 Å². The van der Waals surface area contributed by atoms with Crippen LogP contribution in [0.3, 0.4) is 0 Å². The molecule has 0 aromatic heterocycles. The van der Waals surface area contributed by atoms with E-state index in [0.717, 1.165) is 30.5 Å². The normalized spacial score (nSPS) is 31.1. The van der Waals surface area contributed by atoms with Gasteiger partial charge in [-0.15, -0.1) is 5.11 Å². The minimum atomic E-state index is -1.01. The Labute approximate surface area is 190 Å². The van der Waals surface area contributed by atoms with Crippen LogP contribution < -0.4 is 4.74 Å². The molecule has 2 bridgehead atoms. The van der Waals surface area contributed by atoms with Crippen molar-refractivity contribution in [3.8, 4) is 11.5 Å². The number of benzene rings is 2. The first-order valence-electron chi connectivity index (χ1n) is 10.8. The number of rotatable bonds is 3. The van der Waals surface area contributed by atoms with Crippen molar-refractivity contribution in [1.82, 2.24) is 4.90 Å². The summed E-state index contributed by atoms with van der Waals surface area (Å²) in [5, 5.41) is 39.3. The van der Waals surface area contributed by atoms with E-state index in [9.17, 15) is 15.0 Å². The van der Waals surface area contributed by atoms with Gasteiger partial charge >= 0.3 is 5.97 Å². The maximum Gasteiger partial charge on any atom is 0.335 e. The van der Waals surface area contributed by atoms with E-state index in [1.807, 2.05) is 12.1 Å². The highest BCUT2D eigenvalue weighted by Gasteiger charge is 2.64. The molecule has 5 N–H and O–H groups in total. The number of nitrogens with zero attached hydrogens (tertiary/aromatic N) is 3. The Morgan fingerprint density at radius 1 is 1.21 bits per heavy atom. The number of aliphatic hydroxyl groups is 1. The highest BCUT2D eigenvalue weighted by molar-refractivity contribution is 5.87. The van der Waals surface area contributed by atoms with E-state index in [1.54, 1.807) is 12.1 Å². The lowest BCUT2D eigenvalue weighted by atomic mass is 9.53. The molecular formula is C24H25N3O6. The number of phenols is 1. The topological polar surface area (TPSA) is 146 Å². The van der Waals surface area contributed by atoms with E-state index in [1.165, 1.54) is 12.1 Å². The fraction of sp³-hybridized carbons (Fsp3) is 0.375. The minimum absolute atomic E-state index is 0. The number of hydrogen-bond acceptors (Lipinski definition) is 7. The summed E-state index contributed by atoms with van der Waals surface area (Å²) >= 11 is 0.